The van der Waals surface area contributed by atoms with Crippen molar-refractivity contribution in [2.45, 2.75) is 25.3 Å². The van der Waals surface area contributed by atoms with Crippen LogP contribution in [0.25, 0.3) is 11.1 Å². The number of hydrogen-bond donors (Lipinski definition) is 3. The number of aryl methyl sites for hydroxylation is 2. The van der Waals surface area contributed by atoms with E-state index < -0.39 is 30.4 Å². The first-order valence-electron chi connectivity index (χ1n) is 10.5. The van der Waals surface area contributed by atoms with Crippen LogP contribution in [0.5, 0.6) is 0 Å². The molecule has 170 valence electrons. The molecule has 1 atom stereocenters. The summed E-state index contributed by atoms with van der Waals surface area (Å²) < 4.78 is 7.00. The predicted octanol–water partition coefficient (Wildman–Crippen LogP) is 3.05. The Labute approximate surface area is 190 Å². The third-order valence-electron chi connectivity index (χ3n) is 5.70. The van der Waals surface area contributed by atoms with E-state index >= 15 is 0 Å². The second kappa shape index (κ2) is 9.15. The van der Waals surface area contributed by atoms with Crippen molar-refractivity contribution in [1.82, 2.24) is 15.1 Å². The van der Waals surface area contributed by atoms with Crippen LogP contribution in [-0.4, -0.2) is 45.5 Å². The highest BCUT2D eigenvalue weighted by atomic mass is 16.5. The SMILES string of the molecule is Cc1cc(NC(=O)C(CC(=O)O)NC(=O)OCC2c3ccccc3-c3ccccc32)nn1C. The van der Waals surface area contributed by atoms with E-state index in [2.05, 4.69) is 15.7 Å². The molecule has 0 saturated carbocycles. The lowest BCUT2D eigenvalue weighted by Gasteiger charge is -2.18. The van der Waals surface area contributed by atoms with E-state index in [9.17, 15) is 19.5 Å². The summed E-state index contributed by atoms with van der Waals surface area (Å²) in [6.45, 7) is 1.87. The first-order valence-corrected chi connectivity index (χ1v) is 10.5. The van der Waals surface area contributed by atoms with Gasteiger partial charge in [0.15, 0.2) is 5.82 Å². The molecule has 2 amide bonds. The molecule has 9 heteroatoms. The zero-order valence-electron chi connectivity index (χ0n) is 18.2. The lowest BCUT2D eigenvalue weighted by atomic mass is 9.98. The maximum atomic E-state index is 12.6. The molecular formula is C24H24N4O5. The fourth-order valence-electron chi connectivity index (χ4n) is 4.00. The first kappa shape index (κ1) is 22.1. The summed E-state index contributed by atoms with van der Waals surface area (Å²) in [6, 6.07) is 16.2. The number of hydrogen-bond acceptors (Lipinski definition) is 5. The van der Waals surface area contributed by atoms with Gasteiger partial charge in [0.1, 0.15) is 12.6 Å². The lowest BCUT2D eigenvalue weighted by Crippen LogP contribution is -2.45. The quantitative estimate of drug-likeness (QED) is 0.511. The number of benzene rings is 2. The molecule has 3 N–H and O–H groups in total. The van der Waals surface area contributed by atoms with Crippen molar-refractivity contribution in [1.29, 1.82) is 0 Å². The van der Waals surface area contributed by atoms with Gasteiger partial charge in [-0.2, -0.15) is 5.10 Å². The number of carbonyl (C=O) groups excluding carboxylic acids is 2. The van der Waals surface area contributed by atoms with Crippen molar-refractivity contribution in [2.75, 3.05) is 11.9 Å². The predicted molar refractivity (Wildman–Crippen MR) is 121 cm³/mol. The van der Waals surface area contributed by atoms with Gasteiger partial charge in [0.05, 0.1) is 6.42 Å². The maximum Gasteiger partial charge on any atom is 0.407 e. The van der Waals surface area contributed by atoms with E-state index in [0.717, 1.165) is 27.9 Å². The molecule has 0 radical (unpaired) electrons. The number of aromatic nitrogens is 2. The normalized spacial score (nSPS) is 13.0. The summed E-state index contributed by atoms with van der Waals surface area (Å²) in [4.78, 5) is 36.4. The van der Waals surface area contributed by atoms with E-state index in [4.69, 9.17) is 4.74 Å². The molecule has 1 unspecified atom stereocenters. The fourth-order valence-corrected chi connectivity index (χ4v) is 4.00. The van der Waals surface area contributed by atoms with Gasteiger partial charge in [-0.3, -0.25) is 14.3 Å². The van der Waals surface area contributed by atoms with Gasteiger partial charge in [0, 0.05) is 24.7 Å². The summed E-state index contributed by atoms with van der Waals surface area (Å²) in [5.74, 6) is -1.80. The van der Waals surface area contributed by atoms with Crippen LogP contribution < -0.4 is 10.6 Å². The smallest absolute Gasteiger partial charge is 0.407 e. The number of fused-ring (bicyclic) bond motifs is 3. The Hall–Kier alpha value is -4.14. The number of carbonyl (C=O) groups is 3. The molecule has 2 aromatic carbocycles. The topological polar surface area (TPSA) is 123 Å². The molecule has 33 heavy (non-hydrogen) atoms. The van der Waals surface area contributed by atoms with Gasteiger partial charge in [-0.1, -0.05) is 48.5 Å². The van der Waals surface area contributed by atoms with Gasteiger partial charge in [-0.25, -0.2) is 4.79 Å². The van der Waals surface area contributed by atoms with Crippen LogP contribution in [0.4, 0.5) is 10.6 Å². The number of ether oxygens (including phenoxy) is 1. The van der Waals surface area contributed by atoms with E-state index in [0.29, 0.717) is 0 Å². The summed E-state index contributed by atoms with van der Waals surface area (Å²) in [7, 11) is 1.72. The minimum absolute atomic E-state index is 0.0563. The highest BCUT2D eigenvalue weighted by Crippen LogP contribution is 2.44. The van der Waals surface area contributed by atoms with Crippen LogP contribution in [0.2, 0.25) is 0 Å². The molecule has 0 saturated heterocycles. The Kier molecular flexibility index (Phi) is 6.12. The third-order valence-corrected chi connectivity index (χ3v) is 5.70. The number of anilines is 1. The van der Waals surface area contributed by atoms with Crippen molar-refractivity contribution >= 4 is 23.8 Å². The summed E-state index contributed by atoms with van der Waals surface area (Å²) in [5, 5.41) is 18.2. The first-order chi connectivity index (χ1) is 15.8. The van der Waals surface area contributed by atoms with Crippen LogP contribution in [-0.2, 0) is 21.4 Å². The van der Waals surface area contributed by atoms with Gasteiger partial charge >= 0.3 is 12.1 Å². The zero-order chi connectivity index (χ0) is 23.5. The molecule has 4 rings (SSSR count). The van der Waals surface area contributed by atoms with Crippen molar-refractivity contribution in [2.24, 2.45) is 7.05 Å². The molecule has 1 aromatic heterocycles. The van der Waals surface area contributed by atoms with Gasteiger partial charge < -0.3 is 20.5 Å². The Morgan fingerprint density at radius 3 is 2.24 bits per heavy atom. The average Bonchev–Trinajstić information content (AvgIpc) is 3.27. The fraction of sp³-hybridized carbons (Fsp3) is 0.250. The Balaban J connectivity index is 1.43. The number of alkyl carbamates (subject to hydrolysis) is 1. The van der Waals surface area contributed by atoms with Crippen LogP contribution in [0.15, 0.2) is 54.6 Å². The molecule has 1 heterocycles. The average molecular weight is 448 g/mol. The zero-order valence-corrected chi connectivity index (χ0v) is 18.2. The van der Waals surface area contributed by atoms with Crippen LogP contribution in [0.1, 0.15) is 29.2 Å². The van der Waals surface area contributed by atoms with Gasteiger partial charge in [0.2, 0.25) is 5.91 Å². The van der Waals surface area contributed by atoms with E-state index in [-0.39, 0.29) is 18.3 Å². The minimum atomic E-state index is -1.32. The molecule has 0 fully saturated rings. The Morgan fingerprint density at radius 1 is 1.09 bits per heavy atom. The molecule has 0 aliphatic heterocycles. The molecule has 1 aliphatic rings. The number of carboxylic acids is 1. The largest absolute Gasteiger partial charge is 0.481 e. The number of rotatable bonds is 7. The van der Waals surface area contributed by atoms with E-state index in [1.54, 1.807) is 17.8 Å². The van der Waals surface area contributed by atoms with Crippen LogP contribution >= 0.6 is 0 Å². The highest BCUT2D eigenvalue weighted by molar-refractivity contribution is 5.98. The number of carboxylic acid groups (broad SMARTS) is 1. The Morgan fingerprint density at radius 2 is 1.70 bits per heavy atom. The second-order valence-corrected chi connectivity index (χ2v) is 7.90. The van der Waals surface area contributed by atoms with Crippen molar-refractivity contribution in [3.63, 3.8) is 0 Å². The second-order valence-electron chi connectivity index (χ2n) is 7.90. The van der Waals surface area contributed by atoms with Crippen LogP contribution in [0.3, 0.4) is 0 Å². The lowest BCUT2D eigenvalue weighted by molar-refractivity contribution is -0.139. The van der Waals surface area contributed by atoms with Crippen molar-refractivity contribution in [3.8, 4) is 11.1 Å². The number of aliphatic carboxylic acids is 1. The molecular weight excluding hydrogens is 424 g/mol. The Bertz CT molecular complexity index is 1150. The van der Waals surface area contributed by atoms with Gasteiger partial charge in [-0.05, 0) is 29.2 Å². The number of nitrogens with one attached hydrogen (secondary N) is 2. The minimum Gasteiger partial charge on any atom is -0.481 e. The standard InChI is InChI=1S/C24H24N4O5/c1-14-11-21(27-28(14)2)26-23(31)20(12-22(29)30)25-24(32)33-13-19-17-9-5-3-7-15(17)16-8-4-6-10-18(16)19/h3-11,19-20H,12-13H2,1-2H3,(H,25,32)(H,29,30)(H,26,27,31). The van der Waals surface area contributed by atoms with E-state index in [1.807, 2.05) is 55.5 Å². The number of amides is 2. The number of nitrogens with zero attached hydrogens (tertiary/aromatic N) is 2. The molecule has 3 aromatic rings. The maximum absolute atomic E-state index is 12.6. The van der Waals surface area contributed by atoms with Gasteiger partial charge in [-0.15, -0.1) is 0 Å². The summed E-state index contributed by atoms with van der Waals surface area (Å²) in [5.41, 5.74) is 5.10. The van der Waals surface area contributed by atoms with Gasteiger partial charge in [0.25, 0.3) is 0 Å². The van der Waals surface area contributed by atoms with Crippen molar-refractivity contribution < 1.29 is 24.2 Å². The highest BCUT2D eigenvalue weighted by Gasteiger charge is 2.30. The third kappa shape index (κ3) is 4.72. The summed E-state index contributed by atoms with van der Waals surface area (Å²) >= 11 is 0. The van der Waals surface area contributed by atoms with Crippen molar-refractivity contribution in [3.05, 3.63) is 71.4 Å². The molecule has 1 aliphatic carbocycles. The molecule has 0 spiro atoms. The monoisotopic (exact) mass is 448 g/mol. The summed E-state index contributed by atoms with van der Waals surface area (Å²) in [6.07, 6.45) is -1.46. The molecule has 0 bridgehead atoms. The van der Waals surface area contributed by atoms with E-state index in [1.165, 1.54) is 0 Å². The van der Waals surface area contributed by atoms with Crippen LogP contribution in [0, 0.1) is 6.92 Å². The molecule has 9 nitrogen and oxygen atoms in total.